The number of nitrogens with one attached hydrogen (secondary N) is 2. The number of para-hydroxylation sites is 1. The van der Waals surface area contributed by atoms with Gasteiger partial charge in [-0.05, 0) is 56.0 Å². The molecule has 1 aliphatic heterocycles. The fraction of sp³-hybridized carbons (Fsp3) is 0.450. The van der Waals surface area contributed by atoms with Gasteiger partial charge in [0.05, 0.1) is 0 Å². The normalized spacial score (nSPS) is 19.4. The molecular formula is C20H25N5OS. The first-order valence-electron chi connectivity index (χ1n) is 9.60. The maximum atomic E-state index is 5.97. The van der Waals surface area contributed by atoms with Gasteiger partial charge in [-0.3, -0.25) is 0 Å². The van der Waals surface area contributed by atoms with Gasteiger partial charge in [0.25, 0.3) is 0 Å². The number of benzene rings is 1. The molecule has 2 heterocycles. The highest BCUT2D eigenvalue weighted by atomic mass is 32.1. The lowest BCUT2D eigenvalue weighted by atomic mass is 10.0. The van der Waals surface area contributed by atoms with Crippen molar-refractivity contribution in [3.8, 4) is 11.6 Å². The van der Waals surface area contributed by atoms with Gasteiger partial charge in [-0.2, -0.15) is 9.97 Å². The van der Waals surface area contributed by atoms with Crippen molar-refractivity contribution in [2.24, 2.45) is 5.92 Å². The average molecular weight is 384 g/mol. The largest absolute Gasteiger partial charge is 0.439 e. The number of hydrogen-bond acceptors (Lipinski definition) is 5. The molecule has 7 heteroatoms. The molecule has 0 spiro atoms. The Morgan fingerprint density at radius 2 is 2.00 bits per heavy atom. The van der Waals surface area contributed by atoms with Crippen molar-refractivity contribution in [3.63, 3.8) is 0 Å². The van der Waals surface area contributed by atoms with E-state index in [4.69, 9.17) is 21.9 Å². The van der Waals surface area contributed by atoms with Gasteiger partial charge in [-0.25, -0.2) is 0 Å². The third-order valence-corrected chi connectivity index (χ3v) is 4.99. The molecule has 2 fully saturated rings. The zero-order valence-electron chi connectivity index (χ0n) is 15.5. The third kappa shape index (κ3) is 5.07. The van der Waals surface area contributed by atoms with E-state index < -0.39 is 0 Å². The summed E-state index contributed by atoms with van der Waals surface area (Å²) in [7, 11) is 0. The predicted octanol–water partition coefficient (Wildman–Crippen LogP) is 3.95. The Balaban J connectivity index is 1.57. The van der Waals surface area contributed by atoms with Crippen LogP contribution in [0.15, 0.2) is 36.4 Å². The van der Waals surface area contributed by atoms with Crippen molar-refractivity contribution in [3.05, 3.63) is 36.4 Å². The Hall–Kier alpha value is -2.41. The molecule has 1 aromatic carbocycles. The molecular weight excluding hydrogens is 358 g/mol. The minimum atomic E-state index is 0.467. The van der Waals surface area contributed by atoms with Gasteiger partial charge >= 0.3 is 0 Å². The van der Waals surface area contributed by atoms with Crippen LogP contribution in [0.1, 0.15) is 32.6 Å². The van der Waals surface area contributed by atoms with Gasteiger partial charge in [0.1, 0.15) is 11.6 Å². The molecule has 1 atom stereocenters. The summed E-state index contributed by atoms with van der Waals surface area (Å²) >= 11 is 5.39. The molecule has 4 rings (SSSR count). The molecule has 1 saturated heterocycles. The Labute approximate surface area is 165 Å². The van der Waals surface area contributed by atoms with Crippen LogP contribution < -0.4 is 20.3 Å². The summed E-state index contributed by atoms with van der Waals surface area (Å²) in [4.78, 5) is 11.5. The van der Waals surface area contributed by atoms with Crippen LogP contribution in [0.3, 0.4) is 0 Å². The molecule has 1 aliphatic carbocycles. The van der Waals surface area contributed by atoms with E-state index in [1.54, 1.807) is 0 Å². The van der Waals surface area contributed by atoms with E-state index >= 15 is 0 Å². The van der Waals surface area contributed by atoms with Crippen LogP contribution in [0, 0.1) is 5.92 Å². The number of hydrogen-bond donors (Lipinski definition) is 2. The van der Waals surface area contributed by atoms with Gasteiger partial charge in [0.15, 0.2) is 5.11 Å². The average Bonchev–Trinajstić information content (AvgIpc) is 3.46. The van der Waals surface area contributed by atoms with Gasteiger partial charge < -0.3 is 20.3 Å². The second kappa shape index (κ2) is 8.08. The number of nitrogens with zero attached hydrogens (tertiary/aromatic N) is 3. The van der Waals surface area contributed by atoms with E-state index in [1.807, 2.05) is 36.4 Å². The van der Waals surface area contributed by atoms with Crippen molar-refractivity contribution in [1.82, 2.24) is 15.3 Å². The lowest BCUT2D eigenvalue weighted by Gasteiger charge is -2.32. The van der Waals surface area contributed by atoms with Crippen molar-refractivity contribution in [2.75, 3.05) is 23.3 Å². The van der Waals surface area contributed by atoms with E-state index in [0.717, 1.165) is 37.5 Å². The van der Waals surface area contributed by atoms with Crippen LogP contribution >= 0.6 is 12.2 Å². The van der Waals surface area contributed by atoms with Gasteiger partial charge in [-0.1, -0.05) is 25.1 Å². The number of ether oxygens (including phenoxy) is 1. The molecule has 2 N–H and O–H groups in total. The Morgan fingerprint density at radius 1 is 1.19 bits per heavy atom. The molecule has 6 nitrogen and oxygen atoms in total. The molecule has 142 valence electrons. The molecule has 2 aromatic rings. The lowest BCUT2D eigenvalue weighted by molar-refractivity contribution is 0.440. The molecule has 0 radical (unpaired) electrons. The quantitative estimate of drug-likeness (QED) is 0.758. The number of aromatic nitrogens is 2. The fourth-order valence-corrected chi connectivity index (χ4v) is 3.50. The van der Waals surface area contributed by atoms with Crippen molar-refractivity contribution in [1.29, 1.82) is 0 Å². The zero-order valence-corrected chi connectivity index (χ0v) is 16.3. The molecule has 27 heavy (non-hydrogen) atoms. The molecule has 2 aliphatic rings. The molecule has 0 bridgehead atoms. The standard InChI is InChI=1S/C20H25N5OS/c1-14-6-5-11-25(13-14)17-12-18(26-16-7-3-2-4-8-16)23-19(22-17)24-20(27)21-15-9-10-15/h2-4,7-8,12,14-15H,5-6,9-11,13H2,1H3,(H2,21,22,23,24,27)/t14-/m0/s1. The summed E-state index contributed by atoms with van der Waals surface area (Å²) in [5, 5.41) is 6.95. The fourth-order valence-electron chi connectivity index (χ4n) is 3.24. The van der Waals surface area contributed by atoms with Crippen LogP contribution in [0.5, 0.6) is 11.6 Å². The molecule has 1 aromatic heterocycles. The van der Waals surface area contributed by atoms with Crippen LogP contribution in [0.2, 0.25) is 0 Å². The summed E-state index contributed by atoms with van der Waals surface area (Å²) < 4.78 is 5.97. The number of anilines is 2. The van der Waals surface area contributed by atoms with Crippen LogP contribution in [-0.4, -0.2) is 34.2 Å². The molecule has 1 saturated carbocycles. The highest BCUT2D eigenvalue weighted by Crippen LogP contribution is 2.28. The number of thiocarbonyl (C=S) groups is 1. The number of piperidine rings is 1. The predicted molar refractivity (Wildman–Crippen MR) is 112 cm³/mol. The summed E-state index contributed by atoms with van der Waals surface area (Å²) in [5.74, 6) is 3.26. The first kappa shape index (κ1) is 18.0. The minimum Gasteiger partial charge on any atom is -0.439 e. The summed E-state index contributed by atoms with van der Waals surface area (Å²) in [6.45, 7) is 4.27. The second-order valence-corrected chi connectivity index (χ2v) is 7.78. The highest BCUT2D eigenvalue weighted by molar-refractivity contribution is 7.80. The van der Waals surface area contributed by atoms with Gasteiger partial charge in [0, 0.05) is 25.2 Å². The van der Waals surface area contributed by atoms with E-state index in [2.05, 4.69) is 27.4 Å². The Bertz CT molecular complexity index is 796. The Morgan fingerprint density at radius 3 is 2.74 bits per heavy atom. The molecule has 0 amide bonds. The van der Waals surface area contributed by atoms with Crippen molar-refractivity contribution in [2.45, 2.75) is 38.6 Å². The SMILES string of the molecule is C[C@H]1CCCN(c2cc(Oc3ccccc3)nc(NC(=S)NC3CC3)n2)C1. The summed E-state index contributed by atoms with van der Waals surface area (Å²) in [6, 6.07) is 12.1. The number of rotatable bonds is 5. The van der Waals surface area contributed by atoms with E-state index in [-0.39, 0.29) is 0 Å². The topological polar surface area (TPSA) is 62.3 Å². The minimum absolute atomic E-state index is 0.467. The molecule has 0 unspecified atom stereocenters. The maximum absolute atomic E-state index is 5.97. The van der Waals surface area contributed by atoms with Crippen LogP contribution in [-0.2, 0) is 0 Å². The van der Waals surface area contributed by atoms with Gasteiger partial charge in [-0.15, -0.1) is 0 Å². The van der Waals surface area contributed by atoms with E-state index in [1.165, 1.54) is 12.8 Å². The van der Waals surface area contributed by atoms with Crippen molar-refractivity contribution >= 4 is 29.1 Å². The first-order chi connectivity index (χ1) is 13.2. The smallest absolute Gasteiger partial charge is 0.234 e. The van der Waals surface area contributed by atoms with Gasteiger partial charge in [0.2, 0.25) is 11.8 Å². The summed E-state index contributed by atoms with van der Waals surface area (Å²) in [5.41, 5.74) is 0. The van der Waals surface area contributed by atoms with E-state index in [9.17, 15) is 0 Å². The van der Waals surface area contributed by atoms with Crippen LogP contribution in [0.25, 0.3) is 0 Å². The second-order valence-electron chi connectivity index (χ2n) is 7.37. The first-order valence-corrected chi connectivity index (χ1v) is 10.0. The van der Waals surface area contributed by atoms with Crippen molar-refractivity contribution < 1.29 is 4.74 Å². The summed E-state index contributed by atoms with van der Waals surface area (Å²) in [6.07, 6.45) is 4.76. The lowest BCUT2D eigenvalue weighted by Crippen LogP contribution is -2.35. The van der Waals surface area contributed by atoms with E-state index in [0.29, 0.717) is 28.9 Å². The van der Waals surface area contributed by atoms with Crippen LogP contribution in [0.4, 0.5) is 11.8 Å². The third-order valence-electron chi connectivity index (χ3n) is 4.77. The zero-order chi connectivity index (χ0) is 18.6. The Kier molecular flexibility index (Phi) is 5.38. The monoisotopic (exact) mass is 383 g/mol. The maximum Gasteiger partial charge on any atom is 0.234 e. The highest BCUT2D eigenvalue weighted by Gasteiger charge is 2.23.